The number of carbonyl (C=O) groups is 2. The van der Waals surface area contributed by atoms with Crippen LogP contribution in [0.5, 0.6) is 0 Å². The van der Waals surface area contributed by atoms with Crippen LogP contribution in [-0.4, -0.2) is 18.9 Å². The molecule has 1 aromatic carbocycles. The van der Waals surface area contributed by atoms with Crippen molar-refractivity contribution in [3.8, 4) is 0 Å². The van der Waals surface area contributed by atoms with Crippen molar-refractivity contribution in [2.24, 2.45) is 5.41 Å². The van der Waals surface area contributed by atoms with E-state index in [9.17, 15) is 9.59 Å². The first kappa shape index (κ1) is 16.4. The molecule has 110 valence electrons. The van der Waals surface area contributed by atoms with E-state index in [0.717, 1.165) is 19.3 Å². The Kier molecular flexibility index (Phi) is 6.43. The van der Waals surface area contributed by atoms with Crippen LogP contribution in [0.1, 0.15) is 56.3 Å². The highest BCUT2D eigenvalue weighted by Gasteiger charge is 2.30. The maximum atomic E-state index is 12.3. The average Bonchev–Trinajstić information content (AvgIpc) is 2.45. The maximum absolute atomic E-state index is 12.3. The predicted octanol–water partition coefficient (Wildman–Crippen LogP) is 4.02. The van der Waals surface area contributed by atoms with E-state index in [4.69, 9.17) is 4.74 Å². The molecule has 0 N–H and O–H groups in total. The Morgan fingerprint density at radius 3 is 2.35 bits per heavy atom. The number of methoxy groups -OCH3 is 1. The van der Waals surface area contributed by atoms with Crippen LogP contribution < -0.4 is 0 Å². The second kappa shape index (κ2) is 7.83. The van der Waals surface area contributed by atoms with E-state index in [2.05, 4.69) is 6.92 Å². The topological polar surface area (TPSA) is 43.4 Å². The Morgan fingerprint density at radius 1 is 1.15 bits per heavy atom. The first-order valence-electron chi connectivity index (χ1n) is 7.16. The van der Waals surface area contributed by atoms with Crippen LogP contribution in [0.3, 0.4) is 0 Å². The van der Waals surface area contributed by atoms with E-state index in [-0.39, 0.29) is 17.2 Å². The number of esters is 1. The number of carbonyl (C=O) groups excluding carboxylic acids is 2. The smallest absolute Gasteiger partial charge is 0.306 e. The molecule has 0 fully saturated rings. The summed E-state index contributed by atoms with van der Waals surface area (Å²) >= 11 is 0. The summed E-state index contributed by atoms with van der Waals surface area (Å²) in [6, 6.07) is 9.25. The van der Waals surface area contributed by atoms with Crippen molar-refractivity contribution in [2.75, 3.05) is 7.11 Å². The Morgan fingerprint density at radius 2 is 1.80 bits per heavy atom. The normalized spacial score (nSPS) is 13.6. The molecule has 1 rings (SSSR count). The largest absolute Gasteiger partial charge is 0.469 e. The third-order valence-corrected chi connectivity index (χ3v) is 3.62. The molecule has 0 saturated heterocycles. The van der Waals surface area contributed by atoms with Gasteiger partial charge in [-0.1, -0.05) is 57.0 Å². The summed E-state index contributed by atoms with van der Waals surface area (Å²) in [7, 11) is 1.39. The van der Waals surface area contributed by atoms with Crippen LogP contribution in [0, 0.1) is 5.41 Å². The summed E-state index contributed by atoms with van der Waals surface area (Å²) in [5.41, 5.74) is 0.385. The minimum Gasteiger partial charge on any atom is -0.469 e. The van der Waals surface area contributed by atoms with Crippen molar-refractivity contribution in [2.45, 2.75) is 46.0 Å². The van der Waals surface area contributed by atoms with Gasteiger partial charge >= 0.3 is 5.97 Å². The SMILES string of the molecule is CCCC[C@](C)(CC(=O)OC)CC(=O)c1ccccc1. The van der Waals surface area contributed by atoms with Crippen LogP contribution in [0.4, 0.5) is 0 Å². The van der Waals surface area contributed by atoms with Gasteiger partial charge in [0, 0.05) is 12.0 Å². The van der Waals surface area contributed by atoms with Gasteiger partial charge in [-0.15, -0.1) is 0 Å². The van der Waals surface area contributed by atoms with E-state index in [1.54, 1.807) is 0 Å². The molecule has 1 aromatic rings. The van der Waals surface area contributed by atoms with Gasteiger partial charge in [-0.2, -0.15) is 0 Å². The lowest BCUT2D eigenvalue weighted by molar-refractivity contribution is -0.143. The van der Waals surface area contributed by atoms with E-state index < -0.39 is 0 Å². The third kappa shape index (κ3) is 5.16. The summed E-state index contributed by atoms with van der Waals surface area (Å²) < 4.78 is 4.76. The summed E-state index contributed by atoms with van der Waals surface area (Å²) in [6.45, 7) is 4.11. The van der Waals surface area contributed by atoms with E-state index in [1.807, 2.05) is 37.3 Å². The molecule has 1 atom stereocenters. The summed E-state index contributed by atoms with van der Waals surface area (Å²) in [6.07, 6.45) is 3.59. The van der Waals surface area contributed by atoms with Gasteiger partial charge < -0.3 is 4.74 Å². The lowest BCUT2D eigenvalue weighted by Gasteiger charge is -2.27. The number of unbranched alkanes of at least 4 members (excludes halogenated alkanes) is 1. The molecule has 0 aromatic heterocycles. The quantitative estimate of drug-likeness (QED) is 0.532. The Bertz CT molecular complexity index is 439. The standard InChI is InChI=1S/C17H24O3/c1-4-5-11-17(2,13-16(19)20-3)12-15(18)14-9-7-6-8-10-14/h6-10H,4-5,11-13H2,1-3H3/t17-/m0/s1. The number of ether oxygens (including phenoxy) is 1. The number of ketones is 1. The highest BCUT2D eigenvalue weighted by atomic mass is 16.5. The fraction of sp³-hybridized carbons (Fsp3) is 0.529. The maximum Gasteiger partial charge on any atom is 0.306 e. The van der Waals surface area contributed by atoms with Crippen LogP contribution in [0.15, 0.2) is 30.3 Å². The predicted molar refractivity (Wildman–Crippen MR) is 79.7 cm³/mol. The van der Waals surface area contributed by atoms with Gasteiger partial charge in [0.05, 0.1) is 13.5 Å². The minimum atomic E-state index is -0.323. The van der Waals surface area contributed by atoms with Gasteiger partial charge in [-0.05, 0) is 11.8 Å². The van der Waals surface area contributed by atoms with Crippen LogP contribution >= 0.6 is 0 Å². The highest BCUT2D eigenvalue weighted by Crippen LogP contribution is 2.34. The number of hydrogen-bond donors (Lipinski definition) is 0. The zero-order chi connectivity index (χ0) is 15.0. The molecule has 0 unspecified atom stereocenters. The fourth-order valence-corrected chi connectivity index (χ4v) is 2.38. The van der Waals surface area contributed by atoms with E-state index >= 15 is 0 Å². The van der Waals surface area contributed by atoms with E-state index in [1.165, 1.54) is 7.11 Å². The molecular formula is C17H24O3. The summed E-state index contributed by atoms with van der Waals surface area (Å²) in [4.78, 5) is 23.9. The number of Topliss-reactive ketones (excluding diaryl/α,β-unsaturated/α-hetero) is 1. The van der Waals surface area contributed by atoms with Crippen LogP contribution in [0.25, 0.3) is 0 Å². The molecule has 3 heteroatoms. The molecule has 0 aliphatic carbocycles. The van der Waals surface area contributed by atoms with Crippen molar-refractivity contribution in [1.29, 1.82) is 0 Å². The second-order valence-electron chi connectivity index (χ2n) is 5.63. The zero-order valence-corrected chi connectivity index (χ0v) is 12.6. The average molecular weight is 276 g/mol. The Balaban J connectivity index is 2.78. The molecule has 3 nitrogen and oxygen atoms in total. The van der Waals surface area contributed by atoms with Crippen molar-refractivity contribution in [3.63, 3.8) is 0 Å². The second-order valence-corrected chi connectivity index (χ2v) is 5.63. The van der Waals surface area contributed by atoms with Crippen molar-refractivity contribution in [3.05, 3.63) is 35.9 Å². The van der Waals surface area contributed by atoms with Gasteiger partial charge in [0.25, 0.3) is 0 Å². The molecule has 0 radical (unpaired) electrons. The lowest BCUT2D eigenvalue weighted by atomic mass is 9.76. The van der Waals surface area contributed by atoms with Gasteiger partial charge in [-0.25, -0.2) is 0 Å². The third-order valence-electron chi connectivity index (χ3n) is 3.62. The fourth-order valence-electron chi connectivity index (χ4n) is 2.38. The number of benzene rings is 1. The molecular weight excluding hydrogens is 252 g/mol. The highest BCUT2D eigenvalue weighted by molar-refractivity contribution is 5.96. The van der Waals surface area contributed by atoms with Gasteiger partial charge in [-0.3, -0.25) is 9.59 Å². The zero-order valence-electron chi connectivity index (χ0n) is 12.6. The van der Waals surface area contributed by atoms with Crippen LogP contribution in [-0.2, 0) is 9.53 Å². The van der Waals surface area contributed by atoms with Gasteiger partial charge in [0.15, 0.2) is 5.78 Å². The molecule has 0 heterocycles. The van der Waals surface area contributed by atoms with E-state index in [0.29, 0.717) is 18.4 Å². The van der Waals surface area contributed by atoms with Gasteiger partial charge in [0.2, 0.25) is 0 Å². The van der Waals surface area contributed by atoms with Gasteiger partial charge in [0.1, 0.15) is 0 Å². The Hall–Kier alpha value is -1.64. The van der Waals surface area contributed by atoms with Crippen molar-refractivity contribution >= 4 is 11.8 Å². The van der Waals surface area contributed by atoms with Crippen molar-refractivity contribution < 1.29 is 14.3 Å². The lowest BCUT2D eigenvalue weighted by Crippen LogP contribution is -2.25. The molecule has 0 saturated carbocycles. The molecule has 0 aliphatic heterocycles. The molecule has 0 aliphatic rings. The van der Waals surface area contributed by atoms with Crippen molar-refractivity contribution in [1.82, 2.24) is 0 Å². The Labute approximate surface area is 121 Å². The first-order valence-corrected chi connectivity index (χ1v) is 7.16. The molecule has 0 bridgehead atoms. The number of hydrogen-bond acceptors (Lipinski definition) is 3. The first-order chi connectivity index (χ1) is 9.50. The summed E-state index contributed by atoms with van der Waals surface area (Å²) in [5.74, 6) is -0.155. The van der Waals surface area contributed by atoms with Crippen LogP contribution in [0.2, 0.25) is 0 Å². The minimum absolute atomic E-state index is 0.0908. The monoisotopic (exact) mass is 276 g/mol. The molecule has 0 spiro atoms. The summed E-state index contributed by atoms with van der Waals surface area (Å²) in [5, 5.41) is 0. The number of rotatable bonds is 8. The molecule has 20 heavy (non-hydrogen) atoms. The molecule has 0 amide bonds.